The maximum atomic E-state index is 11.8. The van der Waals surface area contributed by atoms with E-state index in [1.165, 1.54) is 5.56 Å². The summed E-state index contributed by atoms with van der Waals surface area (Å²) in [4.78, 5) is 24.4. The minimum Gasteiger partial charge on any atom is -0.475 e. The standard InChI is InChI=1S/C15H22N2O2.C2HF3O2/c1-16(2)15(19)11-17-9-8-14(18)13(17)10-12-6-4-3-5-7-12;3-2(4,5)1(6)7/h3-7,13-14,18H,8-11H2,1-2H3;(H,6,7)/t13-,14+;/m0./s1. The summed E-state index contributed by atoms with van der Waals surface area (Å²) < 4.78 is 31.7. The van der Waals surface area contributed by atoms with Crippen LogP contribution in [0.1, 0.15) is 12.0 Å². The fraction of sp³-hybridized carbons (Fsp3) is 0.529. The molecule has 2 rings (SSSR count). The van der Waals surface area contributed by atoms with E-state index in [1.807, 2.05) is 18.2 Å². The summed E-state index contributed by atoms with van der Waals surface area (Å²) in [6.45, 7) is 1.18. The Morgan fingerprint density at radius 3 is 2.23 bits per heavy atom. The number of halogens is 3. The van der Waals surface area contributed by atoms with Crippen LogP contribution in [0, 0.1) is 0 Å². The number of carbonyl (C=O) groups excluding carboxylic acids is 1. The summed E-state index contributed by atoms with van der Waals surface area (Å²) in [6, 6.07) is 10.2. The van der Waals surface area contributed by atoms with E-state index < -0.39 is 12.1 Å². The van der Waals surface area contributed by atoms with Crippen LogP contribution in [0.15, 0.2) is 30.3 Å². The second-order valence-corrected chi connectivity index (χ2v) is 6.17. The summed E-state index contributed by atoms with van der Waals surface area (Å²) in [5.74, 6) is -2.67. The average molecular weight is 376 g/mol. The van der Waals surface area contributed by atoms with Crippen LogP contribution >= 0.6 is 0 Å². The Kier molecular flexibility index (Phi) is 8.04. The molecule has 1 aromatic rings. The molecule has 1 saturated heterocycles. The molecule has 1 aromatic carbocycles. The van der Waals surface area contributed by atoms with Crippen LogP contribution in [0.2, 0.25) is 0 Å². The molecule has 0 bridgehead atoms. The van der Waals surface area contributed by atoms with Gasteiger partial charge in [-0.25, -0.2) is 4.79 Å². The molecular formula is C17H23F3N2O4. The van der Waals surface area contributed by atoms with Crippen LogP contribution in [0.5, 0.6) is 0 Å². The molecule has 9 heteroatoms. The number of benzene rings is 1. The lowest BCUT2D eigenvalue weighted by molar-refractivity contribution is -0.192. The molecule has 1 amide bonds. The van der Waals surface area contributed by atoms with Crippen LogP contribution in [-0.4, -0.2) is 77.4 Å². The molecule has 0 unspecified atom stereocenters. The number of alkyl halides is 3. The molecule has 0 radical (unpaired) electrons. The fourth-order valence-electron chi connectivity index (χ4n) is 2.53. The Labute approximate surface area is 149 Å². The fourth-order valence-corrected chi connectivity index (χ4v) is 2.53. The number of hydrogen-bond donors (Lipinski definition) is 2. The molecule has 2 N–H and O–H groups in total. The summed E-state index contributed by atoms with van der Waals surface area (Å²) in [6.07, 6.45) is -3.88. The van der Waals surface area contributed by atoms with E-state index in [-0.39, 0.29) is 18.1 Å². The molecular weight excluding hydrogens is 353 g/mol. The van der Waals surface area contributed by atoms with E-state index in [1.54, 1.807) is 19.0 Å². The van der Waals surface area contributed by atoms with Gasteiger partial charge >= 0.3 is 12.1 Å². The largest absolute Gasteiger partial charge is 0.490 e. The van der Waals surface area contributed by atoms with Crippen molar-refractivity contribution in [2.75, 3.05) is 27.2 Å². The lowest BCUT2D eigenvalue weighted by atomic mass is 10.0. The van der Waals surface area contributed by atoms with Gasteiger partial charge in [-0.3, -0.25) is 9.69 Å². The van der Waals surface area contributed by atoms with Gasteiger partial charge < -0.3 is 15.1 Å². The highest BCUT2D eigenvalue weighted by atomic mass is 19.4. The van der Waals surface area contributed by atoms with Crippen LogP contribution in [-0.2, 0) is 16.0 Å². The molecule has 1 aliphatic rings. The lowest BCUT2D eigenvalue weighted by Gasteiger charge is -2.26. The summed E-state index contributed by atoms with van der Waals surface area (Å²) >= 11 is 0. The smallest absolute Gasteiger partial charge is 0.475 e. The number of hydrogen-bond acceptors (Lipinski definition) is 4. The van der Waals surface area contributed by atoms with Crippen LogP contribution < -0.4 is 0 Å². The first-order valence-corrected chi connectivity index (χ1v) is 7.98. The number of likely N-dealkylation sites (N-methyl/N-ethyl adjacent to an activating group) is 1. The van der Waals surface area contributed by atoms with Gasteiger partial charge in [-0.1, -0.05) is 30.3 Å². The van der Waals surface area contributed by atoms with E-state index in [2.05, 4.69) is 17.0 Å². The number of nitrogens with zero attached hydrogens (tertiary/aromatic N) is 2. The predicted molar refractivity (Wildman–Crippen MR) is 88.5 cm³/mol. The van der Waals surface area contributed by atoms with E-state index in [0.29, 0.717) is 6.54 Å². The first-order chi connectivity index (χ1) is 12.0. The van der Waals surface area contributed by atoms with Crippen molar-refractivity contribution in [2.45, 2.75) is 31.2 Å². The summed E-state index contributed by atoms with van der Waals surface area (Å²) in [5, 5.41) is 17.2. The maximum absolute atomic E-state index is 11.8. The maximum Gasteiger partial charge on any atom is 0.490 e. The van der Waals surface area contributed by atoms with Crippen molar-refractivity contribution in [3.8, 4) is 0 Å². The second kappa shape index (κ2) is 9.54. The van der Waals surface area contributed by atoms with E-state index in [9.17, 15) is 23.1 Å². The highest BCUT2D eigenvalue weighted by Gasteiger charge is 2.38. The van der Waals surface area contributed by atoms with Crippen molar-refractivity contribution >= 4 is 11.9 Å². The number of carboxylic acid groups (broad SMARTS) is 1. The van der Waals surface area contributed by atoms with Gasteiger partial charge in [0, 0.05) is 26.7 Å². The minimum absolute atomic E-state index is 0.0475. The summed E-state index contributed by atoms with van der Waals surface area (Å²) in [7, 11) is 3.53. The van der Waals surface area contributed by atoms with Crippen molar-refractivity contribution < 1.29 is 33.0 Å². The molecule has 2 atom stereocenters. The quantitative estimate of drug-likeness (QED) is 0.830. The number of carboxylic acids is 1. The Hall–Kier alpha value is -2.13. The van der Waals surface area contributed by atoms with E-state index in [0.717, 1.165) is 19.4 Å². The van der Waals surface area contributed by atoms with E-state index in [4.69, 9.17) is 9.90 Å². The SMILES string of the molecule is CN(C)C(=O)CN1CC[C@@H](O)[C@@H]1Cc1ccccc1.O=C(O)C(F)(F)F. The van der Waals surface area contributed by atoms with Gasteiger partial charge in [-0.2, -0.15) is 13.2 Å². The van der Waals surface area contributed by atoms with Gasteiger partial charge in [0.05, 0.1) is 12.6 Å². The topological polar surface area (TPSA) is 81.1 Å². The Bertz CT molecular complexity index is 593. The van der Waals surface area contributed by atoms with Crippen LogP contribution in [0.4, 0.5) is 13.2 Å². The number of aliphatic carboxylic acids is 1. The minimum atomic E-state index is -5.08. The Morgan fingerprint density at radius 2 is 1.77 bits per heavy atom. The third-order valence-corrected chi connectivity index (χ3v) is 3.99. The molecule has 1 aliphatic heterocycles. The predicted octanol–water partition coefficient (Wildman–Crippen LogP) is 1.39. The molecule has 1 fully saturated rings. The molecule has 146 valence electrons. The van der Waals surface area contributed by atoms with E-state index >= 15 is 0 Å². The van der Waals surface area contributed by atoms with Crippen molar-refractivity contribution in [1.82, 2.24) is 9.80 Å². The molecule has 0 spiro atoms. The number of rotatable bonds is 4. The van der Waals surface area contributed by atoms with Gasteiger partial charge in [-0.15, -0.1) is 0 Å². The molecule has 0 aromatic heterocycles. The number of amides is 1. The van der Waals surface area contributed by atoms with Gasteiger partial charge in [0.15, 0.2) is 0 Å². The van der Waals surface area contributed by atoms with Crippen molar-refractivity contribution in [3.63, 3.8) is 0 Å². The number of aliphatic hydroxyl groups is 1. The highest BCUT2D eigenvalue weighted by molar-refractivity contribution is 5.77. The average Bonchev–Trinajstić information content (AvgIpc) is 2.88. The highest BCUT2D eigenvalue weighted by Crippen LogP contribution is 2.21. The molecule has 6 nitrogen and oxygen atoms in total. The first kappa shape index (κ1) is 21.9. The van der Waals surface area contributed by atoms with Crippen LogP contribution in [0.25, 0.3) is 0 Å². The number of aliphatic hydroxyl groups excluding tert-OH is 1. The normalized spacial score (nSPS) is 20.2. The molecule has 1 heterocycles. The molecule has 0 aliphatic carbocycles. The van der Waals surface area contributed by atoms with Gasteiger partial charge in [-0.05, 0) is 18.4 Å². The number of carbonyl (C=O) groups is 2. The number of likely N-dealkylation sites (tertiary alicyclic amines) is 1. The van der Waals surface area contributed by atoms with Crippen molar-refractivity contribution in [1.29, 1.82) is 0 Å². The second-order valence-electron chi connectivity index (χ2n) is 6.17. The lowest BCUT2D eigenvalue weighted by Crippen LogP contribution is -2.43. The molecule has 26 heavy (non-hydrogen) atoms. The zero-order valence-corrected chi connectivity index (χ0v) is 14.6. The summed E-state index contributed by atoms with van der Waals surface area (Å²) in [5.41, 5.74) is 1.20. The zero-order chi connectivity index (χ0) is 19.9. The van der Waals surface area contributed by atoms with Crippen molar-refractivity contribution in [2.24, 2.45) is 0 Å². The van der Waals surface area contributed by atoms with Crippen LogP contribution in [0.3, 0.4) is 0 Å². The van der Waals surface area contributed by atoms with Gasteiger partial charge in [0.1, 0.15) is 0 Å². The first-order valence-electron chi connectivity index (χ1n) is 7.98. The Balaban J connectivity index is 0.000000412. The Morgan fingerprint density at radius 1 is 1.23 bits per heavy atom. The third-order valence-electron chi connectivity index (χ3n) is 3.99. The molecule has 0 saturated carbocycles. The monoisotopic (exact) mass is 376 g/mol. The van der Waals surface area contributed by atoms with Gasteiger partial charge in [0.25, 0.3) is 0 Å². The van der Waals surface area contributed by atoms with Crippen molar-refractivity contribution in [3.05, 3.63) is 35.9 Å². The van der Waals surface area contributed by atoms with Gasteiger partial charge in [0.2, 0.25) is 5.91 Å². The zero-order valence-electron chi connectivity index (χ0n) is 14.6. The third kappa shape index (κ3) is 7.01.